The van der Waals surface area contributed by atoms with Crippen LogP contribution in [0.1, 0.15) is 23.9 Å². The first-order valence-corrected chi connectivity index (χ1v) is 8.32. The fourth-order valence-corrected chi connectivity index (χ4v) is 4.20. The van der Waals surface area contributed by atoms with Crippen LogP contribution in [0.25, 0.3) is 10.2 Å². The number of hydrogen-bond acceptors (Lipinski definition) is 6. The molecule has 0 aliphatic carbocycles. The third kappa shape index (κ3) is 2.38. The number of hydrogen-bond donors (Lipinski definition) is 1. The van der Waals surface area contributed by atoms with Gasteiger partial charge < -0.3 is 10.6 Å². The van der Waals surface area contributed by atoms with E-state index in [1.54, 1.807) is 17.4 Å². The van der Waals surface area contributed by atoms with E-state index in [2.05, 4.69) is 20.9 Å². The molecule has 0 bridgehead atoms. The van der Waals surface area contributed by atoms with Gasteiger partial charge in [-0.2, -0.15) is 4.98 Å². The van der Waals surface area contributed by atoms with Crippen LogP contribution < -0.4 is 10.6 Å². The summed E-state index contributed by atoms with van der Waals surface area (Å²) in [5, 5.41) is 1.49. The molecule has 7 heteroatoms. The lowest BCUT2D eigenvalue weighted by atomic mass is 10.2. The van der Waals surface area contributed by atoms with E-state index in [0.717, 1.165) is 35.7 Å². The molecule has 1 aromatic carbocycles. The molecule has 3 aromatic rings. The second-order valence-electron chi connectivity index (χ2n) is 5.28. The van der Waals surface area contributed by atoms with Gasteiger partial charge in [0.25, 0.3) is 0 Å². The highest BCUT2D eigenvalue weighted by molar-refractivity contribution is 7.18. The summed E-state index contributed by atoms with van der Waals surface area (Å²) in [5.74, 6) is 0.983. The van der Waals surface area contributed by atoms with Crippen molar-refractivity contribution in [3.05, 3.63) is 40.5 Å². The minimum atomic E-state index is 0.206. The number of halogens is 1. The standard InChI is InChI=1S/C15H14ClN5S/c16-12-8-13(20-15(17)19-12)21-7-3-5-10(21)14-18-9-4-1-2-6-11(9)22-14/h1-2,4,6,8,10H,3,5,7H2,(H2,17,19,20)/t10-/m0/s1. The molecule has 0 spiro atoms. The Kier molecular flexibility index (Phi) is 3.35. The van der Waals surface area contributed by atoms with Crippen molar-refractivity contribution in [2.75, 3.05) is 17.2 Å². The molecule has 5 nitrogen and oxygen atoms in total. The van der Waals surface area contributed by atoms with Gasteiger partial charge in [-0.3, -0.25) is 0 Å². The number of thiazole rings is 1. The van der Waals surface area contributed by atoms with Gasteiger partial charge in [0.2, 0.25) is 5.95 Å². The Bertz CT molecular complexity index is 780. The highest BCUT2D eigenvalue weighted by atomic mass is 35.5. The van der Waals surface area contributed by atoms with Crippen LogP contribution in [0.15, 0.2) is 30.3 Å². The Labute approximate surface area is 136 Å². The lowest BCUT2D eigenvalue weighted by molar-refractivity contribution is 0.707. The average Bonchev–Trinajstić information content (AvgIpc) is 3.12. The number of nitrogen functional groups attached to an aromatic ring is 1. The Morgan fingerprint density at radius 2 is 2.09 bits per heavy atom. The van der Waals surface area contributed by atoms with Crippen LogP contribution in [-0.4, -0.2) is 21.5 Å². The molecular weight excluding hydrogens is 318 g/mol. The predicted molar refractivity (Wildman–Crippen MR) is 90.4 cm³/mol. The predicted octanol–water partition coefficient (Wildman–Crippen LogP) is 3.66. The first kappa shape index (κ1) is 13.7. The smallest absolute Gasteiger partial charge is 0.223 e. The maximum atomic E-state index is 6.02. The fraction of sp³-hybridized carbons (Fsp3) is 0.267. The second kappa shape index (κ2) is 5.37. The molecule has 4 rings (SSSR count). The van der Waals surface area contributed by atoms with Crippen molar-refractivity contribution in [2.24, 2.45) is 0 Å². The lowest BCUT2D eigenvalue weighted by Gasteiger charge is -2.24. The molecule has 22 heavy (non-hydrogen) atoms. The van der Waals surface area contributed by atoms with Crippen molar-refractivity contribution in [1.82, 2.24) is 15.0 Å². The number of nitrogens with two attached hydrogens (primary N) is 1. The van der Waals surface area contributed by atoms with Gasteiger partial charge in [-0.25, -0.2) is 9.97 Å². The zero-order chi connectivity index (χ0) is 15.1. The maximum absolute atomic E-state index is 6.02. The Balaban J connectivity index is 1.74. The Morgan fingerprint density at radius 1 is 1.23 bits per heavy atom. The van der Waals surface area contributed by atoms with Gasteiger partial charge in [0.15, 0.2) is 0 Å². The first-order valence-electron chi connectivity index (χ1n) is 7.13. The number of aromatic nitrogens is 3. The fourth-order valence-electron chi connectivity index (χ4n) is 2.90. The number of para-hydroxylation sites is 1. The van der Waals surface area contributed by atoms with Crippen LogP contribution in [-0.2, 0) is 0 Å². The maximum Gasteiger partial charge on any atom is 0.223 e. The second-order valence-corrected chi connectivity index (χ2v) is 6.73. The highest BCUT2D eigenvalue weighted by Crippen LogP contribution is 2.39. The summed E-state index contributed by atoms with van der Waals surface area (Å²) in [6.07, 6.45) is 2.16. The largest absolute Gasteiger partial charge is 0.368 e. The van der Waals surface area contributed by atoms with E-state index in [4.69, 9.17) is 22.3 Å². The Morgan fingerprint density at radius 3 is 2.91 bits per heavy atom. The van der Waals surface area contributed by atoms with Crippen LogP contribution in [0, 0.1) is 0 Å². The summed E-state index contributed by atoms with van der Waals surface area (Å²) in [4.78, 5) is 15.3. The molecule has 0 amide bonds. The molecule has 1 aliphatic heterocycles. The monoisotopic (exact) mass is 331 g/mol. The van der Waals surface area contributed by atoms with E-state index in [1.165, 1.54) is 4.70 Å². The van der Waals surface area contributed by atoms with Crippen LogP contribution in [0.5, 0.6) is 0 Å². The van der Waals surface area contributed by atoms with Crippen molar-refractivity contribution >= 4 is 44.9 Å². The first-order chi connectivity index (χ1) is 10.7. The average molecular weight is 332 g/mol. The molecule has 1 atom stereocenters. The minimum absolute atomic E-state index is 0.206. The lowest BCUT2D eigenvalue weighted by Crippen LogP contribution is -2.24. The molecule has 112 valence electrons. The van der Waals surface area contributed by atoms with Crippen LogP contribution in [0.3, 0.4) is 0 Å². The molecule has 1 saturated heterocycles. The van der Waals surface area contributed by atoms with Gasteiger partial charge in [0.05, 0.1) is 16.3 Å². The topological polar surface area (TPSA) is 67.9 Å². The van der Waals surface area contributed by atoms with Crippen molar-refractivity contribution in [3.63, 3.8) is 0 Å². The highest BCUT2D eigenvalue weighted by Gasteiger charge is 2.30. The van der Waals surface area contributed by atoms with E-state index < -0.39 is 0 Å². The van der Waals surface area contributed by atoms with E-state index in [1.807, 2.05) is 18.2 Å². The summed E-state index contributed by atoms with van der Waals surface area (Å²) in [7, 11) is 0. The molecule has 0 saturated carbocycles. The third-order valence-corrected chi connectivity index (χ3v) is 5.17. The van der Waals surface area contributed by atoms with Crippen LogP contribution >= 0.6 is 22.9 Å². The molecule has 0 unspecified atom stereocenters. The van der Waals surface area contributed by atoms with E-state index in [9.17, 15) is 0 Å². The van der Waals surface area contributed by atoms with Crippen LogP contribution in [0.2, 0.25) is 5.15 Å². The van der Waals surface area contributed by atoms with Crippen molar-refractivity contribution in [3.8, 4) is 0 Å². The number of benzene rings is 1. The van der Waals surface area contributed by atoms with Gasteiger partial charge in [0, 0.05) is 12.6 Å². The minimum Gasteiger partial charge on any atom is -0.368 e. The number of nitrogens with zero attached hydrogens (tertiary/aromatic N) is 4. The summed E-state index contributed by atoms with van der Waals surface area (Å²) in [6, 6.07) is 10.2. The zero-order valence-corrected chi connectivity index (χ0v) is 13.3. The Hall–Kier alpha value is -1.92. The van der Waals surface area contributed by atoms with E-state index in [0.29, 0.717) is 5.15 Å². The van der Waals surface area contributed by atoms with Gasteiger partial charge in [-0.05, 0) is 25.0 Å². The van der Waals surface area contributed by atoms with Crippen molar-refractivity contribution in [2.45, 2.75) is 18.9 Å². The van der Waals surface area contributed by atoms with Gasteiger partial charge >= 0.3 is 0 Å². The quantitative estimate of drug-likeness (QED) is 0.726. The third-order valence-electron chi connectivity index (χ3n) is 3.84. The number of fused-ring (bicyclic) bond motifs is 1. The van der Waals surface area contributed by atoms with Gasteiger partial charge in [0.1, 0.15) is 16.0 Å². The number of anilines is 2. The van der Waals surface area contributed by atoms with Crippen molar-refractivity contribution in [1.29, 1.82) is 0 Å². The zero-order valence-electron chi connectivity index (χ0n) is 11.7. The van der Waals surface area contributed by atoms with Gasteiger partial charge in [-0.15, -0.1) is 11.3 Å². The van der Waals surface area contributed by atoms with Crippen molar-refractivity contribution < 1.29 is 0 Å². The summed E-state index contributed by atoms with van der Waals surface area (Å²) < 4.78 is 1.21. The van der Waals surface area contributed by atoms with Crippen LogP contribution in [0.4, 0.5) is 11.8 Å². The summed E-state index contributed by atoms with van der Waals surface area (Å²) in [5.41, 5.74) is 6.78. The molecule has 1 aliphatic rings. The molecule has 2 N–H and O–H groups in total. The molecule has 3 heterocycles. The SMILES string of the molecule is Nc1nc(Cl)cc(N2CCC[C@H]2c2nc3ccccc3s2)n1. The molecule has 1 fully saturated rings. The van der Waals surface area contributed by atoms with E-state index in [-0.39, 0.29) is 12.0 Å². The van der Waals surface area contributed by atoms with Gasteiger partial charge in [-0.1, -0.05) is 23.7 Å². The molecule has 2 aromatic heterocycles. The molecule has 0 radical (unpaired) electrons. The summed E-state index contributed by atoms with van der Waals surface area (Å²) >= 11 is 7.76. The molecular formula is C15H14ClN5S. The number of rotatable bonds is 2. The summed E-state index contributed by atoms with van der Waals surface area (Å²) in [6.45, 7) is 0.924. The van der Waals surface area contributed by atoms with E-state index >= 15 is 0 Å². The normalized spacial score (nSPS) is 18.2.